The largest absolute Gasteiger partial charge is 0.381 e. The molecule has 5 aliphatic rings. The molecule has 4 heterocycles. The van der Waals surface area contributed by atoms with Crippen LogP contribution in [-0.4, -0.2) is 106 Å². The number of nitrogens with zero attached hydrogens (tertiary/aromatic N) is 5. The summed E-state index contributed by atoms with van der Waals surface area (Å²) < 4.78 is 35.6. The van der Waals surface area contributed by atoms with Crippen molar-refractivity contribution in [3.63, 3.8) is 0 Å². The van der Waals surface area contributed by atoms with E-state index in [-0.39, 0.29) is 28.9 Å². The number of fused-ring (bicyclic) bond motifs is 1. The number of pyridine rings is 1. The van der Waals surface area contributed by atoms with E-state index >= 15 is 0 Å². The lowest BCUT2D eigenvalue weighted by atomic mass is 9.90. The maximum Gasteiger partial charge on any atom is 0.249 e. The number of sulfonamides is 1. The molecule has 3 aliphatic heterocycles. The summed E-state index contributed by atoms with van der Waals surface area (Å²) in [4.78, 5) is 27.3. The first-order valence-corrected chi connectivity index (χ1v) is 18.7. The summed E-state index contributed by atoms with van der Waals surface area (Å²) in [6.07, 6.45) is 8.29. The van der Waals surface area contributed by atoms with Gasteiger partial charge in [0.15, 0.2) is 5.82 Å². The lowest BCUT2D eigenvalue weighted by Crippen LogP contribution is -2.56. The van der Waals surface area contributed by atoms with Crippen molar-refractivity contribution in [2.45, 2.75) is 87.4 Å². The highest BCUT2D eigenvalue weighted by molar-refractivity contribution is 7.89. The van der Waals surface area contributed by atoms with E-state index in [1.54, 1.807) is 30.1 Å². The number of anilines is 4. The maximum atomic E-state index is 13.5. The molecule has 250 valence electrons. The van der Waals surface area contributed by atoms with Crippen LogP contribution in [0.25, 0.3) is 0 Å². The van der Waals surface area contributed by atoms with Gasteiger partial charge in [0.2, 0.25) is 15.9 Å². The van der Waals surface area contributed by atoms with Crippen molar-refractivity contribution in [2.75, 3.05) is 68.1 Å². The van der Waals surface area contributed by atoms with Crippen LogP contribution in [0.1, 0.15) is 58.3 Å². The lowest BCUT2D eigenvalue weighted by molar-refractivity contribution is -0.119. The number of nitrogens with one attached hydrogen (secondary N) is 2. The predicted octanol–water partition coefficient (Wildman–Crippen LogP) is 3.79. The Hall–Kier alpha value is -2.77. The van der Waals surface area contributed by atoms with Crippen LogP contribution in [0.5, 0.6) is 0 Å². The highest BCUT2D eigenvalue weighted by Crippen LogP contribution is 2.38. The van der Waals surface area contributed by atoms with Crippen LogP contribution < -0.4 is 19.8 Å². The molecule has 2 saturated carbocycles. The smallest absolute Gasteiger partial charge is 0.249 e. The van der Waals surface area contributed by atoms with Crippen LogP contribution in [-0.2, 0) is 19.6 Å². The van der Waals surface area contributed by atoms with Gasteiger partial charge in [-0.2, -0.15) is 0 Å². The van der Waals surface area contributed by atoms with Gasteiger partial charge in [-0.15, -0.1) is 0 Å². The van der Waals surface area contributed by atoms with Gasteiger partial charge in [0.1, 0.15) is 11.9 Å². The average Bonchev–Trinajstić information content (AvgIpc) is 3.89. The highest BCUT2D eigenvalue weighted by Gasteiger charge is 2.39. The molecule has 1 aromatic heterocycles. The second kappa shape index (κ2) is 13.4. The Morgan fingerprint density at radius 1 is 0.913 bits per heavy atom. The number of carbonyl (C=O) groups excluding carboxylic acids is 1. The molecule has 4 fully saturated rings. The fourth-order valence-corrected chi connectivity index (χ4v) is 9.18. The van der Waals surface area contributed by atoms with Gasteiger partial charge in [-0.25, -0.2) is 18.1 Å². The lowest BCUT2D eigenvalue weighted by Gasteiger charge is -2.44. The first-order valence-electron chi connectivity index (χ1n) is 17.3. The monoisotopic (exact) mass is 651 g/mol. The van der Waals surface area contributed by atoms with E-state index < -0.39 is 10.0 Å². The number of hydrogen-bond acceptors (Lipinski definition) is 9. The predicted molar refractivity (Wildman–Crippen MR) is 180 cm³/mol. The summed E-state index contributed by atoms with van der Waals surface area (Å²) in [5.74, 6) is 2.34. The fourth-order valence-electron chi connectivity index (χ4n) is 7.83. The van der Waals surface area contributed by atoms with Gasteiger partial charge in [0.25, 0.3) is 0 Å². The van der Waals surface area contributed by atoms with Gasteiger partial charge in [-0.1, -0.05) is 6.07 Å². The highest BCUT2D eigenvalue weighted by atomic mass is 32.2. The van der Waals surface area contributed by atoms with E-state index in [0.29, 0.717) is 30.8 Å². The van der Waals surface area contributed by atoms with Crippen molar-refractivity contribution in [1.29, 1.82) is 0 Å². The van der Waals surface area contributed by atoms with E-state index in [1.165, 1.54) is 32.5 Å². The minimum absolute atomic E-state index is 0.0439. The third-order valence-electron chi connectivity index (χ3n) is 10.7. The van der Waals surface area contributed by atoms with Crippen LogP contribution in [0.2, 0.25) is 0 Å². The van der Waals surface area contributed by atoms with Gasteiger partial charge in [-0.3, -0.25) is 9.69 Å². The van der Waals surface area contributed by atoms with Gasteiger partial charge in [0.05, 0.1) is 10.6 Å². The van der Waals surface area contributed by atoms with E-state index in [4.69, 9.17) is 9.72 Å². The molecule has 2 aromatic rings. The first-order chi connectivity index (χ1) is 22.2. The molecular weight excluding hydrogens is 602 g/mol. The van der Waals surface area contributed by atoms with Crippen molar-refractivity contribution < 1.29 is 17.9 Å². The van der Waals surface area contributed by atoms with E-state index in [2.05, 4.69) is 24.7 Å². The molecular formula is C34H49N7O4S. The number of carbonyl (C=O) groups is 1. The van der Waals surface area contributed by atoms with Crippen LogP contribution in [0.3, 0.4) is 0 Å². The van der Waals surface area contributed by atoms with Gasteiger partial charge >= 0.3 is 0 Å². The van der Waals surface area contributed by atoms with Crippen LogP contribution in [0.4, 0.5) is 23.0 Å². The fraction of sp³-hybridized carbons (Fsp3) is 0.647. The molecule has 1 aromatic carbocycles. The van der Waals surface area contributed by atoms with Crippen molar-refractivity contribution in [1.82, 2.24) is 19.5 Å². The van der Waals surface area contributed by atoms with Crippen molar-refractivity contribution >= 4 is 38.9 Å². The standard InChI is InChI=1S/C34H49N7O4S/c1-24-34(42)38(2)31-12-13-32(36-33(31)41(24)29-14-20-45-21-15-29)35-27-4-3-5-30(22-27)46(43,44)37-26-8-10-28(11-9-26)40-18-16-39(17-19-40)23-25-6-7-25/h3-5,12-13,22,24-26,28-29,37H,6-11,14-21,23H2,1-2H3,(H,35,36)/t24-,26?,28?/m0/s1. The molecule has 11 nitrogen and oxygen atoms in total. The summed E-state index contributed by atoms with van der Waals surface area (Å²) >= 11 is 0. The van der Waals surface area contributed by atoms with E-state index in [9.17, 15) is 13.2 Å². The minimum Gasteiger partial charge on any atom is -0.381 e. The summed E-state index contributed by atoms with van der Waals surface area (Å²) in [6.45, 7) is 9.14. The summed E-state index contributed by atoms with van der Waals surface area (Å²) in [6, 6.07) is 11.0. The zero-order valence-electron chi connectivity index (χ0n) is 27.2. The van der Waals surface area contributed by atoms with Gasteiger partial charge in [0, 0.05) is 76.8 Å². The maximum absolute atomic E-state index is 13.5. The SMILES string of the molecule is C[C@H]1C(=O)N(C)c2ccc(Nc3cccc(S(=O)(=O)NC4CCC(N5CCN(CC6CC6)CC5)CC4)c3)nc2N1C1CCOCC1. The molecule has 0 spiro atoms. The molecule has 0 unspecified atom stereocenters. The van der Waals surface area contributed by atoms with Crippen LogP contribution in [0.15, 0.2) is 41.3 Å². The molecule has 7 rings (SSSR count). The summed E-state index contributed by atoms with van der Waals surface area (Å²) in [5.41, 5.74) is 1.41. The van der Waals surface area contributed by atoms with Gasteiger partial charge in [-0.05, 0) is 94.5 Å². The van der Waals surface area contributed by atoms with E-state index in [0.717, 1.165) is 69.0 Å². The zero-order chi connectivity index (χ0) is 31.8. The average molecular weight is 652 g/mol. The van der Waals surface area contributed by atoms with Crippen LogP contribution in [0, 0.1) is 5.92 Å². The van der Waals surface area contributed by atoms with E-state index in [1.807, 2.05) is 25.1 Å². The molecule has 2 N–H and O–H groups in total. The molecule has 2 aliphatic carbocycles. The Morgan fingerprint density at radius 2 is 1.65 bits per heavy atom. The molecule has 46 heavy (non-hydrogen) atoms. The number of benzene rings is 1. The second-order valence-corrected chi connectivity index (χ2v) is 15.6. The Kier molecular flexibility index (Phi) is 9.26. The number of ether oxygens (including phenoxy) is 1. The van der Waals surface area contributed by atoms with Crippen molar-refractivity contribution in [2.24, 2.45) is 5.92 Å². The molecule has 12 heteroatoms. The second-order valence-electron chi connectivity index (χ2n) is 13.9. The Labute approximate surface area is 273 Å². The zero-order valence-corrected chi connectivity index (χ0v) is 28.1. The third-order valence-corrected chi connectivity index (χ3v) is 12.2. The molecule has 1 amide bonds. The molecule has 0 radical (unpaired) electrons. The molecule has 1 atom stereocenters. The molecule has 0 bridgehead atoms. The Balaban J connectivity index is 0.981. The number of likely N-dealkylation sites (N-methyl/N-ethyl adjacent to an activating group) is 1. The van der Waals surface area contributed by atoms with Crippen LogP contribution >= 0.6 is 0 Å². The summed E-state index contributed by atoms with van der Waals surface area (Å²) in [7, 11) is -1.89. The number of piperazine rings is 1. The quantitative estimate of drug-likeness (QED) is 0.419. The van der Waals surface area contributed by atoms with Crippen molar-refractivity contribution in [3.8, 4) is 0 Å². The Morgan fingerprint density at radius 3 is 2.37 bits per heavy atom. The first kappa shape index (κ1) is 31.8. The van der Waals surface area contributed by atoms with Crippen molar-refractivity contribution in [3.05, 3.63) is 36.4 Å². The Bertz CT molecular complexity index is 1500. The third kappa shape index (κ3) is 6.92. The normalized spacial score (nSPS) is 27.1. The minimum atomic E-state index is -3.68. The number of amides is 1. The number of rotatable bonds is 9. The number of hydrogen-bond donors (Lipinski definition) is 2. The number of aromatic nitrogens is 1. The topological polar surface area (TPSA) is 110 Å². The summed E-state index contributed by atoms with van der Waals surface area (Å²) in [5, 5.41) is 3.33. The van der Waals surface area contributed by atoms with Gasteiger partial charge < -0.3 is 24.8 Å². The molecule has 2 saturated heterocycles.